The molecule has 2 amide bonds. The van der Waals surface area contributed by atoms with E-state index < -0.39 is 0 Å². The van der Waals surface area contributed by atoms with Gasteiger partial charge in [0.05, 0.1) is 23.6 Å². The molecule has 6 nitrogen and oxygen atoms in total. The van der Waals surface area contributed by atoms with Crippen molar-refractivity contribution in [2.75, 3.05) is 26.4 Å². The number of likely N-dealkylation sites (N-methyl/N-ethyl adjacent to an activating group) is 1. The van der Waals surface area contributed by atoms with Gasteiger partial charge in [-0.3, -0.25) is 14.5 Å². The number of hydrogen-bond acceptors (Lipinski definition) is 5. The summed E-state index contributed by atoms with van der Waals surface area (Å²) in [6.45, 7) is 0.435. The van der Waals surface area contributed by atoms with Gasteiger partial charge in [-0.15, -0.1) is 11.8 Å². The van der Waals surface area contributed by atoms with Crippen LogP contribution >= 0.6 is 11.8 Å². The molecule has 0 unspecified atom stereocenters. The van der Waals surface area contributed by atoms with Crippen LogP contribution in [0.1, 0.15) is 60.7 Å². The molecule has 0 aliphatic heterocycles. The summed E-state index contributed by atoms with van der Waals surface area (Å²) in [5.41, 5.74) is 0.628. The summed E-state index contributed by atoms with van der Waals surface area (Å²) in [7, 11) is 3.93. The predicted octanol–water partition coefficient (Wildman–Crippen LogP) is 4.49. The van der Waals surface area contributed by atoms with Gasteiger partial charge in [0.1, 0.15) is 5.76 Å². The highest BCUT2D eigenvalue weighted by atomic mass is 32.2. The molecule has 1 heterocycles. The molecule has 0 saturated heterocycles. The SMILES string of the molecule is CN(C)[C@H](CNC(=O)c1ccccc1SCC(=O)NC12CC3CC(CC(C3)C1)C2)c1ccco1. The predicted molar refractivity (Wildman–Crippen MR) is 134 cm³/mol. The Morgan fingerprint density at radius 3 is 2.35 bits per heavy atom. The van der Waals surface area contributed by atoms with Gasteiger partial charge in [0.25, 0.3) is 5.91 Å². The van der Waals surface area contributed by atoms with Gasteiger partial charge in [-0.1, -0.05) is 12.1 Å². The van der Waals surface area contributed by atoms with Crippen LogP contribution in [-0.2, 0) is 4.79 Å². The average molecular weight is 482 g/mol. The molecule has 4 saturated carbocycles. The minimum absolute atomic E-state index is 0.0241. The lowest BCUT2D eigenvalue weighted by atomic mass is 9.53. The first-order valence-electron chi connectivity index (χ1n) is 12.4. The summed E-state index contributed by atoms with van der Waals surface area (Å²) in [6.07, 6.45) is 9.18. The molecule has 0 spiro atoms. The first-order chi connectivity index (χ1) is 16.4. The molecule has 7 heteroatoms. The molecule has 6 rings (SSSR count). The minimum atomic E-state index is -0.136. The van der Waals surface area contributed by atoms with Crippen molar-refractivity contribution in [2.24, 2.45) is 17.8 Å². The Bertz CT molecular complexity index is 985. The van der Waals surface area contributed by atoms with Crippen LogP contribution in [0.3, 0.4) is 0 Å². The summed E-state index contributed by atoms with van der Waals surface area (Å²) in [5, 5.41) is 6.48. The third-order valence-electron chi connectivity index (χ3n) is 7.88. The van der Waals surface area contributed by atoms with Gasteiger partial charge in [0, 0.05) is 17.0 Å². The van der Waals surface area contributed by atoms with Crippen LogP contribution in [0.25, 0.3) is 0 Å². The van der Waals surface area contributed by atoms with E-state index in [9.17, 15) is 9.59 Å². The number of thioether (sulfide) groups is 1. The largest absolute Gasteiger partial charge is 0.468 e. The van der Waals surface area contributed by atoms with Crippen LogP contribution in [0.5, 0.6) is 0 Å². The van der Waals surface area contributed by atoms with Crippen molar-refractivity contribution < 1.29 is 14.0 Å². The van der Waals surface area contributed by atoms with Crippen LogP contribution in [0, 0.1) is 17.8 Å². The molecule has 1 atom stereocenters. The quantitative estimate of drug-likeness (QED) is 0.516. The Balaban J connectivity index is 1.18. The Morgan fingerprint density at radius 2 is 1.74 bits per heavy atom. The maximum absolute atomic E-state index is 13.0. The van der Waals surface area contributed by atoms with Crippen LogP contribution in [-0.4, -0.2) is 48.6 Å². The lowest BCUT2D eigenvalue weighted by Gasteiger charge is -2.56. The van der Waals surface area contributed by atoms with Crippen LogP contribution in [0.15, 0.2) is 52.0 Å². The van der Waals surface area contributed by atoms with E-state index in [-0.39, 0.29) is 23.4 Å². The molecule has 34 heavy (non-hydrogen) atoms. The molecule has 2 aromatic rings. The van der Waals surface area contributed by atoms with Crippen molar-refractivity contribution in [3.05, 3.63) is 54.0 Å². The molecule has 4 bridgehead atoms. The number of nitrogens with zero attached hydrogens (tertiary/aromatic N) is 1. The molecular weight excluding hydrogens is 446 g/mol. The third kappa shape index (κ3) is 5.05. The maximum Gasteiger partial charge on any atom is 0.252 e. The Hall–Kier alpha value is -2.25. The summed E-state index contributed by atoms with van der Waals surface area (Å²) >= 11 is 1.45. The van der Waals surface area contributed by atoms with Gasteiger partial charge in [0.2, 0.25) is 5.91 Å². The Labute approximate surface area is 206 Å². The second kappa shape index (κ2) is 9.78. The van der Waals surface area contributed by atoms with Crippen molar-refractivity contribution in [2.45, 2.75) is 55.0 Å². The maximum atomic E-state index is 13.0. The fourth-order valence-electron chi connectivity index (χ4n) is 6.82. The second-order valence-electron chi connectivity index (χ2n) is 10.7. The molecule has 0 radical (unpaired) electrons. The highest BCUT2D eigenvalue weighted by Gasteiger charge is 2.51. The Morgan fingerprint density at radius 1 is 1.06 bits per heavy atom. The number of furan rings is 1. The fourth-order valence-corrected chi connectivity index (χ4v) is 7.67. The highest BCUT2D eigenvalue weighted by molar-refractivity contribution is 8.00. The van der Waals surface area contributed by atoms with Crippen molar-refractivity contribution >= 4 is 23.6 Å². The molecule has 182 valence electrons. The summed E-state index contributed by atoms with van der Waals surface area (Å²) in [4.78, 5) is 28.8. The number of carbonyl (C=O) groups is 2. The monoisotopic (exact) mass is 481 g/mol. The van der Waals surface area contributed by atoms with E-state index in [2.05, 4.69) is 10.6 Å². The third-order valence-corrected chi connectivity index (χ3v) is 8.96. The second-order valence-corrected chi connectivity index (χ2v) is 11.8. The van der Waals surface area contributed by atoms with Crippen molar-refractivity contribution in [3.63, 3.8) is 0 Å². The summed E-state index contributed by atoms with van der Waals surface area (Å²) < 4.78 is 5.54. The minimum Gasteiger partial charge on any atom is -0.468 e. The van der Waals surface area contributed by atoms with Crippen molar-refractivity contribution in [1.82, 2.24) is 15.5 Å². The fraction of sp³-hybridized carbons (Fsp3) is 0.556. The normalized spacial score (nSPS) is 28.1. The molecule has 1 aromatic heterocycles. The standard InChI is InChI=1S/C27H35N3O3S/c1-30(2)22(23-7-5-9-33-23)16-28-26(32)21-6-3-4-8-24(21)34-17-25(31)29-27-13-18-10-19(14-27)12-20(11-18)15-27/h3-9,18-20,22H,10-17H2,1-2H3,(H,28,32)(H,29,31)/t18?,19?,20?,22-,27?/m1/s1. The summed E-state index contributed by atoms with van der Waals surface area (Å²) in [6, 6.07) is 11.3. The van der Waals surface area contributed by atoms with Crippen molar-refractivity contribution in [3.8, 4) is 0 Å². The van der Waals surface area contributed by atoms with Gasteiger partial charge in [-0.2, -0.15) is 0 Å². The molecule has 2 N–H and O–H groups in total. The smallest absolute Gasteiger partial charge is 0.252 e. The molecular formula is C27H35N3O3S. The van der Waals surface area contributed by atoms with E-state index in [0.717, 1.165) is 47.7 Å². The zero-order valence-electron chi connectivity index (χ0n) is 20.1. The van der Waals surface area contributed by atoms with Gasteiger partial charge < -0.3 is 15.1 Å². The van der Waals surface area contributed by atoms with E-state index in [1.54, 1.807) is 6.26 Å². The first kappa shape index (κ1) is 23.5. The lowest BCUT2D eigenvalue weighted by molar-refractivity contribution is -0.124. The van der Waals surface area contributed by atoms with Gasteiger partial charge in [-0.05, 0) is 94.6 Å². The number of nitrogens with one attached hydrogen (secondary N) is 2. The molecule has 1 aromatic carbocycles. The highest BCUT2D eigenvalue weighted by Crippen LogP contribution is 2.55. The number of benzene rings is 1. The van der Waals surface area contributed by atoms with Gasteiger partial charge in [0.15, 0.2) is 0 Å². The van der Waals surface area contributed by atoms with E-state index in [1.807, 2.05) is 55.4 Å². The first-order valence-corrected chi connectivity index (χ1v) is 13.4. The average Bonchev–Trinajstić information content (AvgIpc) is 3.31. The van der Waals surface area contributed by atoms with Crippen LogP contribution in [0.2, 0.25) is 0 Å². The molecule has 4 aliphatic rings. The zero-order valence-corrected chi connectivity index (χ0v) is 20.9. The van der Waals surface area contributed by atoms with Gasteiger partial charge >= 0.3 is 0 Å². The van der Waals surface area contributed by atoms with E-state index in [0.29, 0.717) is 17.9 Å². The lowest BCUT2D eigenvalue weighted by Crippen LogP contribution is -2.60. The van der Waals surface area contributed by atoms with E-state index in [4.69, 9.17) is 4.42 Å². The zero-order chi connectivity index (χ0) is 23.7. The number of amides is 2. The number of rotatable bonds is 9. The van der Waals surface area contributed by atoms with E-state index in [1.165, 1.54) is 31.0 Å². The van der Waals surface area contributed by atoms with Gasteiger partial charge in [-0.25, -0.2) is 0 Å². The molecule has 4 fully saturated rings. The van der Waals surface area contributed by atoms with Crippen molar-refractivity contribution in [1.29, 1.82) is 0 Å². The van der Waals surface area contributed by atoms with E-state index >= 15 is 0 Å². The van der Waals surface area contributed by atoms with Crippen LogP contribution < -0.4 is 10.6 Å². The summed E-state index contributed by atoms with van der Waals surface area (Å²) in [5.74, 6) is 3.51. The van der Waals surface area contributed by atoms with Crippen LogP contribution in [0.4, 0.5) is 0 Å². The number of carbonyl (C=O) groups excluding carboxylic acids is 2. The molecule has 4 aliphatic carbocycles. The Kier molecular flexibility index (Phi) is 6.76. The topological polar surface area (TPSA) is 74.6 Å². The number of hydrogen-bond donors (Lipinski definition) is 2.